The summed E-state index contributed by atoms with van der Waals surface area (Å²) < 4.78 is 2.33. The van der Waals surface area contributed by atoms with Crippen molar-refractivity contribution in [2.45, 2.75) is 53.5 Å². The van der Waals surface area contributed by atoms with Crippen LogP contribution >= 0.6 is 0 Å². The highest BCUT2D eigenvalue weighted by Gasteiger charge is 2.33. The Morgan fingerprint density at radius 3 is 2.69 bits per heavy atom. The molecule has 16 heavy (non-hydrogen) atoms. The zero-order chi connectivity index (χ0) is 11.9. The molecule has 2 nitrogen and oxygen atoms in total. The smallest absolute Gasteiger partial charge is 0.165 e. The van der Waals surface area contributed by atoms with Gasteiger partial charge in [0.25, 0.3) is 0 Å². The number of fused-ring (bicyclic) bond motifs is 1. The summed E-state index contributed by atoms with van der Waals surface area (Å²) in [5, 5.41) is 0. The summed E-state index contributed by atoms with van der Waals surface area (Å²) >= 11 is 0. The van der Waals surface area contributed by atoms with E-state index in [1.807, 2.05) is 0 Å². The molecule has 0 aliphatic heterocycles. The van der Waals surface area contributed by atoms with E-state index in [0.29, 0.717) is 12.2 Å². The van der Waals surface area contributed by atoms with Crippen LogP contribution in [-0.4, -0.2) is 10.4 Å². The van der Waals surface area contributed by atoms with E-state index >= 15 is 0 Å². The van der Waals surface area contributed by atoms with Gasteiger partial charge in [-0.05, 0) is 31.2 Å². The number of aromatic nitrogens is 1. The van der Waals surface area contributed by atoms with Crippen LogP contribution in [0.15, 0.2) is 6.07 Å². The van der Waals surface area contributed by atoms with E-state index in [0.717, 1.165) is 24.9 Å². The Balaban J connectivity index is 2.49. The van der Waals surface area contributed by atoms with Crippen LogP contribution in [0.2, 0.25) is 0 Å². The van der Waals surface area contributed by atoms with Crippen molar-refractivity contribution in [3.63, 3.8) is 0 Å². The Labute approximate surface area is 97.7 Å². The molecule has 0 aromatic carbocycles. The number of carbonyl (C=O) groups excluding carboxylic acids is 1. The molecule has 1 aliphatic rings. The molecule has 0 saturated carbocycles. The van der Waals surface area contributed by atoms with E-state index in [1.165, 1.54) is 11.4 Å². The van der Waals surface area contributed by atoms with Gasteiger partial charge in [0.2, 0.25) is 0 Å². The molecule has 0 unspecified atom stereocenters. The molecule has 1 aromatic heterocycles. The lowest BCUT2D eigenvalue weighted by molar-refractivity contribution is 0.0910. The van der Waals surface area contributed by atoms with Crippen molar-refractivity contribution >= 4 is 5.78 Å². The highest BCUT2D eigenvalue weighted by atomic mass is 16.1. The molecule has 1 aromatic rings. The first kappa shape index (κ1) is 11.4. The normalized spacial score (nSPS) is 18.6. The van der Waals surface area contributed by atoms with E-state index < -0.39 is 0 Å². The Hall–Kier alpha value is -1.05. The highest BCUT2D eigenvalue weighted by molar-refractivity contribution is 5.99. The Bertz CT molecular complexity index is 426. The van der Waals surface area contributed by atoms with Crippen LogP contribution in [0.1, 0.15) is 55.4 Å². The van der Waals surface area contributed by atoms with Gasteiger partial charge in [0.1, 0.15) is 0 Å². The number of hydrogen-bond donors (Lipinski definition) is 0. The van der Waals surface area contributed by atoms with Crippen molar-refractivity contribution in [2.75, 3.05) is 0 Å². The molecule has 2 rings (SSSR count). The monoisotopic (exact) mass is 219 g/mol. The Morgan fingerprint density at radius 2 is 2.06 bits per heavy atom. The topological polar surface area (TPSA) is 22.0 Å². The molecule has 1 heterocycles. The van der Waals surface area contributed by atoms with Gasteiger partial charge in [-0.3, -0.25) is 4.79 Å². The molecular formula is C14H21NO. The molecule has 0 bridgehead atoms. The van der Waals surface area contributed by atoms with Crippen LogP contribution in [0.5, 0.6) is 0 Å². The van der Waals surface area contributed by atoms with Crippen LogP contribution in [-0.2, 0) is 13.0 Å². The third-order valence-electron chi connectivity index (χ3n) is 3.45. The van der Waals surface area contributed by atoms with Gasteiger partial charge < -0.3 is 4.57 Å². The minimum atomic E-state index is 0.125. The van der Waals surface area contributed by atoms with Gasteiger partial charge in [0.05, 0.1) is 0 Å². The largest absolute Gasteiger partial charge is 0.348 e. The molecule has 1 aliphatic carbocycles. The summed E-state index contributed by atoms with van der Waals surface area (Å²) in [5.74, 6) is 0.323. The average Bonchev–Trinajstić information content (AvgIpc) is 2.44. The zero-order valence-electron chi connectivity index (χ0n) is 10.8. The summed E-state index contributed by atoms with van der Waals surface area (Å²) in [4.78, 5) is 12.1. The number of ketones is 1. The van der Waals surface area contributed by atoms with E-state index in [2.05, 4.69) is 38.3 Å². The Morgan fingerprint density at radius 1 is 1.38 bits per heavy atom. The quantitative estimate of drug-likeness (QED) is 0.747. The van der Waals surface area contributed by atoms with Crippen molar-refractivity contribution in [3.05, 3.63) is 23.0 Å². The SMILES string of the molecule is CCCn1c(C)cc2c1CC(C)(C)CC2=O. The number of aryl methyl sites for hydroxylation is 1. The standard InChI is InChI=1S/C14H21NO/c1-5-6-15-10(2)7-11-12(15)8-14(3,4)9-13(11)16/h7H,5-6,8-9H2,1-4H3. The fourth-order valence-electron chi connectivity index (χ4n) is 2.74. The molecule has 0 fully saturated rings. The number of carbonyl (C=O) groups is 1. The van der Waals surface area contributed by atoms with Crippen LogP contribution in [0.25, 0.3) is 0 Å². The summed E-state index contributed by atoms with van der Waals surface area (Å²) in [6.45, 7) is 9.69. The van der Waals surface area contributed by atoms with E-state index in [9.17, 15) is 4.79 Å². The second-order valence-electron chi connectivity index (χ2n) is 5.74. The predicted octanol–water partition coefficient (Wildman–Crippen LogP) is 3.36. The van der Waals surface area contributed by atoms with Gasteiger partial charge in [-0.15, -0.1) is 0 Å². The van der Waals surface area contributed by atoms with Crippen LogP contribution in [0.3, 0.4) is 0 Å². The van der Waals surface area contributed by atoms with Crippen molar-refractivity contribution in [3.8, 4) is 0 Å². The molecule has 0 N–H and O–H groups in total. The maximum Gasteiger partial charge on any atom is 0.165 e. The maximum atomic E-state index is 12.1. The van der Waals surface area contributed by atoms with Gasteiger partial charge in [0, 0.05) is 29.9 Å². The van der Waals surface area contributed by atoms with E-state index in [-0.39, 0.29) is 5.41 Å². The second kappa shape index (κ2) is 3.76. The first-order chi connectivity index (χ1) is 7.44. The average molecular weight is 219 g/mol. The molecule has 0 spiro atoms. The predicted molar refractivity (Wildman–Crippen MR) is 65.9 cm³/mol. The van der Waals surface area contributed by atoms with Crippen molar-refractivity contribution < 1.29 is 4.79 Å². The number of rotatable bonds is 2. The second-order valence-corrected chi connectivity index (χ2v) is 5.74. The molecule has 0 atom stereocenters. The molecular weight excluding hydrogens is 198 g/mol. The van der Waals surface area contributed by atoms with Crippen molar-refractivity contribution in [1.29, 1.82) is 0 Å². The minimum absolute atomic E-state index is 0.125. The molecule has 0 saturated heterocycles. The van der Waals surface area contributed by atoms with E-state index in [1.54, 1.807) is 0 Å². The van der Waals surface area contributed by atoms with Crippen LogP contribution in [0, 0.1) is 12.3 Å². The molecule has 0 radical (unpaired) electrons. The first-order valence-corrected chi connectivity index (χ1v) is 6.17. The number of Topliss-reactive ketones (excluding diaryl/α,β-unsaturated/α-hetero) is 1. The third kappa shape index (κ3) is 1.81. The van der Waals surface area contributed by atoms with Crippen LogP contribution < -0.4 is 0 Å². The van der Waals surface area contributed by atoms with Gasteiger partial charge in [-0.1, -0.05) is 20.8 Å². The maximum absolute atomic E-state index is 12.1. The highest BCUT2D eigenvalue weighted by Crippen LogP contribution is 2.36. The number of hydrogen-bond acceptors (Lipinski definition) is 1. The third-order valence-corrected chi connectivity index (χ3v) is 3.45. The lowest BCUT2D eigenvalue weighted by atomic mass is 9.76. The first-order valence-electron chi connectivity index (χ1n) is 6.17. The van der Waals surface area contributed by atoms with Crippen molar-refractivity contribution in [1.82, 2.24) is 4.57 Å². The Kier molecular flexibility index (Phi) is 2.69. The molecule has 0 amide bonds. The van der Waals surface area contributed by atoms with E-state index in [4.69, 9.17) is 0 Å². The number of nitrogens with zero attached hydrogens (tertiary/aromatic N) is 1. The van der Waals surface area contributed by atoms with Gasteiger partial charge in [-0.2, -0.15) is 0 Å². The zero-order valence-corrected chi connectivity index (χ0v) is 10.8. The van der Waals surface area contributed by atoms with Gasteiger partial charge in [-0.25, -0.2) is 0 Å². The lowest BCUT2D eigenvalue weighted by Crippen LogP contribution is -2.28. The summed E-state index contributed by atoms with van der Waals surface area (Å²) in [6.07, 6.45) is 2.84. The molecule has 2 heteroatoms. The lowest BCUT2D eigenvalue weighted by Gasteiger charge is -2.29. The van der Waals surface area contributed by atoms with Crippen LogP contribution in [0.4, 0.5) is 0 Å². The summed E-state index contributed by atoms with van der Waals surface area (Å²) in [6, 6.07) is 2.07. The summed E-state index contributed by atoms with van der Waals surface area (Å²) in [7, 11) is 0. The molecule has 88 valence electrons. The minimum Gasteiger partial charge on any atom is -0.348 e. The van der Waals surface area contributed by atoms with Gasteiger partial charge in [0.15, 0.2) is 5.78 Å². The summed E-state index contributed by atoms with van der Waals surface area (Å²) in [5.41, 5.74) is 3.60. The fourth-order valence-corrected chi connectivity index (χ4v) is 2.74. The van der Waals surface area contributed by atoms with Crippen molar-refractivity contribution in [2.24, 2.45) is 5.41 Å². The fraction of sp³-hybridized carbons (Fsp3) is 0.643. The van der Waals surface area contributed by atoms with Gasteiger partial charge >= 0.3 is 0 Å².